The summed E-state index contributed by atoms with van der Waals surface area (Å²) in [6.45, 7) is 2.00. The fourth-order valence-corrected chi connectivity index (χ4v) is 3.31. The summed E-state index contributed by atoms with van der Waals surface area (Å²) in [4.78, 5) is 13.6. The molecule has 0 fully saturated rings. The number of hydrogen-bond donors (Lipinski definition) is 1. The van der Waals surface area contributed by atoms with E-state index >= 15 is 0 Å². The molecule has 1 heterocycles. The molecule has 0 atom stereocenters. The van der Waals surface area contributed by atoms with Crippen LogP contribution in [-0.4, -0.2) is 22.4 Å². The van der Waals surface area contributed by atoms with Gasteiger partial charge in [-0.1, -0.05) is 18.2 Å². The number of hydrogen-bond acceptors (Lipinski definition) is 5. The first-order valence-corrected chi connectivity index (χ1v) is 10.3. The van der Waals surface area contributed by atoms with E-state index in [9.17, 15) is 4.79 Å². The molecule has 6 heteroatoms. The third-order valence-corrected chi connectivity index (χ3v) is 5.29. The largest absolute Gasteiger partial charge is 0.416 e. The molecular formula is C23H19N3O2S. The van der Waals surface area contributed by atoms with E-state index in [1.807, 2.05) is 61.7 Å². The predicted molar refractivity (Wildman–Crippen MR) is 116 cm³/mol. The van der Waals surface area contributed by atoms with Crippen molar-refractivity contribution < 1.29 is 9.21 Å². The number of aromatic nitrogens is 2. The molecule has 144 valence electrons. The Morgan fingerprint density at radius 2 is 1.59 bits per heavy atom. The van der Waals surface area contributed by atoms with E-state index in [2.05, 4.69) is 15.5 Å². The van der Waals surface area contributed by atoms with Crippen LogP contribution < -0.4 is 5.32 Å². The number of nitrogens with one attached hydrogen (secondary N) is 1. The normalized spacial score (nSPS) is 10.7. The zero-order valence-corrected chi connectivity index (χ0v) is 16.9. The van der Waals surface area contributed by atoms with Gasteiger partial charge in [0.1, 0.15) is 0 Å². The number of aryl methyl sites for hydroxylation is 1. The Morgan fingerprint density at radius 1 is 0.897 bits per heavy atom. The Labute approximate surface area is 173 Å². The van der Waals surface area contributed by atoms with Crippen molar-refractivity contribution in [1.29, 1.82) is 0 Å². The van der Waals surface area contributed by atoms with Gasteiger partial charge in [-0.15, -0.1) is 22.0 Å². The molecule has 4 aromatic rings. The molecule has 0 aliphatic carbocycles. The second-order valence-corrected chi connectivity index (χ2v) is 7.37. The van der Waals surface area contributed by atoms with Crippen molar-refractivity contribution in [3.8, 4) is 22.9 Å². The molecule has 0 unspecified atom stereocenters. The zero-order valence-electron chi connectivity index (χ0n) is 16.0. The SMILES string of the molecule is CSc1ccc(NC(=O)c2ccc(-c3nnc(-c4ccccc4C)o3)cc2)cc1. The van der Waals surface area contributed by atoms with Crippen LogP contribution in [-0.2, 0) is 0 Å². The van der Waals surface area contributed by atoms with Gasteiger partial charge in [-0.05, 0) is 73.3 Å². The van der Waals surface area contributed by atoms with Crippen molar-refractivity contribution in [2.75, 3.05) is 11.6 Å². The molecule has 29 heavy (non-hydrogen) atoms. The van der Waals surface area contributed by atoms with E-state index < -0.39 is 0 Å². The number of anilines is 1. The van der Waals surface area contributed by atoms with Crippen LogP contribution in [0.4, 0.5) is 5.69 Å². The van der Waals surface area contributed by atoms with Crippen molar-refractivity contribution in [2.24, 2.45) is 0 Å². The third-order valence-electron chi connectivity index (χ3n) is 4.54. The highest BCUT2D eigenvalue weighted by molar-refractivity contribution is 7.98. The molecule has 0 radical (unpaired) electrons. The molecule has 1 aromatic heterocycles. The van der Waals surface area contributed by atoms with Crippen molar-refractivity contribution in [3.63, 3.8) is 0 Å². The Kier molecular flexibility index (Phi) is 5.44. The molecule has 3 aromatic carbocycles. The van der Waals surface area contributed by atoms with Gasteiger partial charge in [0.15, 0.2) is 0 Å². The summed E-state index contributed by atoms with van der Waals surface area (Å²) in [5, 5.41) is 11.2. The van der Waals surface area contributed by atoms with Crippen molar-refractivity contribution >= 4 is 23.4 Å². The van der Waals surface area contributed by atoms with Gasteiger partial charge in [0.2, 0.25) is 11.8 Å². The number of carbonyl (C=O) groups is 1. The van der Waals surface area contributed by atoms with E-state index in [0.717, 1.165) is 27.3 Å². The highest BCUT2D eigenvalue weighted by Crippen LogP contribution is 2.26. The van der Waals surface area contributed by atoms with Crippen LogP contribution in [0, 0.1) is 6.92 Å². The molecule has 0 aliphatic rings. The van der Waals surface area contributed by atoms with Gasteiger partial charge in [0.05, 0.1) is 0 Å². The van der Waals surface area contributed by atoms with Crippen LogP contribution in [0.5, 0.6) is 0 Å². The fourth-order valence-electron chi connectivity index (χ4n) is 2.90. The second kappa shape index (κ2) is 8.32. The van der Waals surface area contributed by atoms with Crippen molar-refractivity contribution in [1.82, 2.24) is 10.2 Å². The topological polar surface area (TPSA) is 68.0 Å². The van der Waals surface area contributed by atoms with Gasteiger partial charge in [-0.25, -0.2) is 0 Å². The number of carbonyl (C=O) groups excluding carboxylic acids is 1. The smallest absolute Gasteiger partial charge is 0.255 e. The van der Waals surface area contributed by atoms with Crippen molar-refractivity contribution in [2.45, 2.75) is 11.8 Å². The highest BCUT2D eigenvalue weighted by Gasteiger charge is 2.13. The molecule has 1 amide bonds. The Morgan fingerprint density at radius 3 is 2.28 bits per heavy atom. The molecule has 4 rings (SSSR count). The minimum atomic E-state index is -0.167. The summed E-state index contributed by atoms with van der Waals surface area (Å²) in [6, 6.07) is 22.7. The van der Waals surface area contributed by atoms with Gasteiger partial charge < -0.3 is 9.73 Å². The number of amides is 1. The van der Waals surface area contributed by atoms with E-state index in [0.29, 0.717) is 17.3 Å². The van der Waals surface area contributed by atoms with Crippen LogP contribution in [0.1, 0.15) is 15.9 Å². The summed E-state index contributed by atoms with van der Waals surface area (Å²) in [5.74, 6) is 0.732. The fraction of sp³-hybridized carbons (Fsp3) is 0.0870. The predicted octanol–water partition coefficient (Wildman–Crippen LogP) is 5.69. The first-order valence-electron chi connectivity index (χ1n) is 9.09. The summed E-state index contributed by atoms with van der Waals surface area (Å²) >= 11 is 1.66. The summed E-state index contributed by atoms with van der Waals surface area (Å²) < 4.78 is 5.83. The van der Waals surface area contributed by atoms with Crippen LogP contribution >= 0.6 is 11.8 Å². The Balaban J connectivity index is 1.49. The molecule has 0 aliphatic heterocycles. The van der Waals surface area contributed by atoms with Gasteiger partial charge in [0, 0.05) is 27.3 Å². The first-order chi connectivity index (χ1) is 14.1. The maximum Gasteiger partial charge on any atom is 0.255 e. The number of thioether (sulfide) groups is 1. The van der Waals surface area contributed by atoms with Crippen molar-refractivity contribution in [3.05, 3.63) is 83.9 Å². The average Bonchev–Trinajstić information content (AvgIpc) is 3.25. The quantitative estimate of drug-likeness (QED) is 0.435. The third kappa shape index (κ3) is 4.22. The number of rotatable bonds is 5. The molecule has 0 saturated carbocycles. The Hall–Kier alpha value is -3.38. The lowest BCUT2D eigenvalue weighted by atomic mass is 10.1. The number of benzene rings is 3. The molecule has 0 spiro atoms. The maximum atomic E-state index is 12.5. The highest BCUT2D eigenvalue weighted by atomic mass is 32.2. The molecule has 5 nitrogen and oxygen atoms in total. The molecule has 1 N–H and O–H groups in total. The van der Waals surface area contributed by atoms with Crippen LogP contribution in [0.15, 0.2) is 82.1 Å². The van der Waals surface area contributed by atoms with Crippen LogP contribution in [0.3, 0.4) is 0 Å². The number of nitrogens with zero attached hydrogens (tertiary/aromatic N) is 2. The van der Waals surface area contributed by atoms with E-state index in [-0.39, 0.29) is 5.91 Å². The molecule has 0 saturated heterocycles. The van der Waals surface area contributed by atoms with E-state index in [1.54, 1.807) is 36.0 Å². The van der Waals surface area contributed by atoms with E-state index in [1.165, 1.54) is 0 Å². The molecular weight excluding hydrogens is 382 g/mol. The first kappa shape index (κ1) is 19.0. The van der Waals surface area contributed by atoms with Crippen LogP contribution in [0.2, 0.25) is 0 Å². The summed E-state index contributed by atoms with van der Waals surface area (Å²) in [6.07, 6.45) is 2.02. The van der Waals surface area contributed by atoms with E-state index in [4.69, 9.17) is 4.42 Å². The van der Waals surface area contributed by atoms with Crippen LogP contribution in [0.25, 0.3) is 22.9 Å². The standard InChI is InChI=1S/C23H19N3O2S/c1-15-5-3-4-6-20(15)23-26-25-22(28-23)17-9-7-16(8-10-17)21(27)24-18-11-13-19(29-2)14-12-18/h3-14H,1-2H3,(H,24,27). The summed E-state index contributed by atoms with van der Waals surface area (Å²) in [7, 11) is 0. The minimum absolute atomic E-state index is 0.167. The van der Waals surface area contributed by atoms with Gasteiger partial charge in [0.25, 0.3) is 5.91 Å². The Bertz CT molecular complexity index is 1140. The summed E-state index contributed by atoms with van der Waals surface area (Å²) in [5.41, 5.74) is 4.06. The van der Waals surface area contributed by atoms with Gasteiger partial charge >= 0.3 is 0 Å². The monoisotopic (exact) mass is 401 g/mol. The van der Waals surface area contributed by atoms with Gasteiger partial charge in [-0.2, -0.15) is 0 Å². The second-order valence-electron chi connectivity index (χ2n) is 6.49. The lowest BCUT2D eigenvalue weighted by molar-refractivity contribution is 0.102. The minimum Gasteiger partial charge on any atom is -0.416 e. The maximum absolute atomic E-state index is 12.5. The lowest BCUT2D eigenvalue weighted by Gasteiger charge is -2.06. The molecule has 0 bridgehead atoms. The average molecular weight is 401 g/mol. The lowest BCUT2D eigenvalue weighted by Crippen LogP contribution is -2.11. The van der Waals surface area contributed by atoms with Gasteiger partial charge in [-0.3, -0.25) is 4.79 Å². The zero-order chi connectivity index (χ0) is 20.2.